The quantitative estimate of drug-likeness (QED) is 0.103. The van der Waals surface area contributed by atoms with Crippen LogP contribution >= 0.6 is 15.9 Å². The van der Waals surface area contributed by atoms with Crippen LogP contribution in [0.2, 0.25) is 0 Å². The van der Waals surface area contributed by atoms with Crippen molar-refractivity contribution in [3.63, 3.8) is 0 Å². The van der Waals surface area contributed by atoms with E-state index in [1.165, 1.54) is 9.80 Å². The minimum Gasteiger partial charge on any atom is -0.271 e. The average molecular weight is 666 g/mol. The van der Waals surface area contributed by atoms with Crippen molar-refractivity contribution in [3.05, 3.63) is 69.2 Å². The van der Waals surface area contributed by atoms with Gasteiger partial charge < -0.3 is 0 Å². The molecule has 7 heteroatoms. The first-order valence-corrected chi connectivity index (χ1v) is 16.7. The Balaban J connectivity index is 1.55. The van der Waals surface area contributed by atoms with Crippen molar-refractivity contribution < 1.29 is 19.2 Å². The molecule has 0 saturated carbocycles. The van der Waals surface area contributed by atoms with Crippen LogP contribution in [0.4, 0.5) is 0 Å². The van der Waals surface area contributed by atoms with E-state index in [0.717, 1.165) is 36.8 Å². The largest absolute Gasteiger partial charge is 0.271 e. The van der Waals surface area contributed by atoms with Crippen molar-refractivity contribution in [1.82, 2.24) is 9.80 Å². The summed E-state index contributed by atoms with van der Waals surface area (Å²) in [6.45, 7) is 16.4. The first-order valence-electron chi connectivity index (χ1n) is 15.9. The number of halogens is 1. The molecule has 7 rings (SSSR count). The van der Waals surface area contributed by atoms with Gasteiger partial charge in [-0.3, -0.25) is 29.0 Å². The fourth-order valence-corrected chi connectivity index (χ4v) is 9.27. The van der Waals surface area contributed by atoms with E-state index in [2.05, 4.69) is 15.9 Å². The summed E-state index contributed by atoms with van der Waals surface area (Å²) in [5.74, 6) is -0.669. The zero-order chi connectivity index (χ0) is 32.4. The number of rotatable bonds is 6. The van der Waals surface area contributed by atoms with Gasteiger partial charge in [0.2, 0.25) is 0 Å². The highest BCUT2D eigenvalue weighted by Gasteiger charge is 2.43. The summed E-state index contributed by atoms with van der Waals surface area (Å²) in [4.78, 5) is 59.4. The summed E-state index contributed by atoms with van der Waals surface area (Å²) in [5, 5.41) is 6.53. The molecule has 6 nitrogen and oxygen atoms in total. The van der Waals surface area contributed by atoms with Crippen molar-refractivity contribution in [2.24, 2.45) is 23.7 Å². The fraction of sp³-hybridized carbons (Fsp3) is 0.368. The standard InChI is InChI=1S/C38H37BrN2O4/c1-16(2)33(17(3)4)40-35(42)23-12-9-20-21-10-13-25-30-26(38(45)41(37(25)44)34(18(5)6)19(7)8)15-27(39)31(32(21)30)22-11-14-24(36(40)43)29(23)28(20)22/h9-19,33-34H,1-8H3. The molecule has 4 amide bonds. The van der Waals surface area contributed by atoms with Crippen LogP contribution < -0.4 is 0 Å². The molecule has 2 heterocycles. The molecule has 5 aromatic rings. The van der Waals surface area contributed by atoms with E-state index in [1.807, 2.05) is 97.9 Å². The SMILES string of the molecule is CC(C)C(C(C)C)N1C(=O)c2ccc3c4ccc5c6c(cc(Br)c(c7ccc(c2c37)C1=O)c64)C(=O)N(C(C(C)C)C(C)C)C5=O. The molecule has 0 bridgehead atoms. The number of fused-ring (bicyclic) bond motifs is 2. The molecular formula is C38H37BrN2O4. The summed E-state index contributed by atoms with van der Waals surface area (Å²) in [6.07, 6.45) is 0. The maximum atomic E-state index is 14.2. The van der Waals surface area contributed by atoms with Gasteiger partial charge in [0.25, 0.3) is 23.6 Å². The zero-order valence-electron chi connectivity index (χ0n) is 26.9. The van der Waals surface area contributed by atoms with Gasteiger partial charge in [-0.1, -0.05) is 89.5 Å². The smallest absolute Gasteiger partial charge is 0.261 e. The van der Waals surface area contributed by atoms with E-state index in [-0.39, 0.29) is 59.4 Å². The summed E-state index contributed by atoms with van der Waals surface area (Å²) in [5.41, 5.74) is 2.07. The number of amides is 4. The number of imide groups is 2. The third kappa shape index (κ3) is 3.86. The summed E-state index contributed by atoms with van der Waals surface area (Å²) >= 11 is 3.81. The van der Waals surface area contributed by atoms with E-state index in [4.69, 9.17) is 0 Å². The van der Waals surface area contributed by atoms with Gasteiger partial charge in [0.05, 0.1) is 0 Å². The number of hydrogen-bond donors (Lipinski definition) is 0. The predicted molar refractivity (Wildman–Crippen MR) is 183 cm³/mol. The van der Waals surface area contributed by atoms with Crippen LogP contribution in [0.3, 0.4) is 0 Å². The molecule has 0 atom stereocenters. The van der Waals surface area contributed by atoms with Crippen LogP contribution in [0.15, 0.2) is 46.9 Å². The summed E-state index contributed by atoms with van der Waals surface area (Å²) in [7, 11) is 0. The number of nitrogens with zero attached hydrogens (tertiary/aromatic N) is 2. The highest BCUT2D eigenvalue weighted by molar-refractivity contribution is 9.10. The Labute approximate surface area is 271 Å². The lowest BCUT2D eigenvalue weighted by molar-refractivity contribution is 0.0423. The topological polar surface area (TPSA) is 74.8 Å². The van der Waals surface area contributed by atoms with Gasteiger partial charge in [-0.15, -0.1) is 0 Å². The predicted octanol–water partition coefficient (Wildman–Crippen LogP) is 9.05. The second-order valence-corrected chi connectivity index (χ2v) is 15.0. The van der Waals surface area contributed by atoms with Crippen LogP contribution in [0, 0.1) is 23.7 Å². The minimum atomic E-state index is -0.276. The molecule has 2 aliphatic rings. The van der Waals surface area contributed by atoms with Gasteiger partial charge in [0.1, 0.15) is 0 Å². The molecule has 0 spiro atoms. The number of carbonyl (C=O) groups excluding carboxylic acids is 4. The van der Waals surface area contributed by atoms with Crippen molar-refractivity contribution in [3.8, 4) is 0 Å². The van der Waals surface area contributed by atoms with E-state index in [1.54, 1.807) is 0 Å². The summed E-state index contributed by atoms with van der Waals surface area (Å²) in [6, 6.07) is 12.8. The van der Waals surface area contributed by atoms with Crippen LogP contribution in [-0.4, -0.2) is 45.5 Å². The zero-order valence-corrected chi connectivity index (χ0v) is 28.5. The van der Waals surface area contributed by atoms with Gasteiger partial charge >= 0.3 is 0 Å². The normalized spacial score (nSPS) is 15.6. The first kappa shape index (κ1) is 29.8. The van der Waals surface area contributed by atoms with Gasteiger partial charge in [-0.05, 0) is 69.5 Å². The highest BCUT2D eigenvalue weighted by Crippen LogP contribution is 2.49. The maximum Gasteiger partial charge on any atom is 0.261 e. The Morgan fingerprint density at radius 1 is 0.444 bits per heavy atom. The van der Waals surface area contributed by atoms with Crippen molar-refractivity contribution in [2.45, 2.75) is 67.5 Å². The van der Waals surface area contributed by atoms with Gasteiger partial charge in [-0.2, -0.15) is 0 Å². The lowest BCUT2D eigenvalue weighted by atomic mass is 9.80. The van der Waals surface area contributed by atoms with Crippen molar-refractivity contribution >= 4 is 82.6 Å². The molecular weight excluding hydrogens is 628 g/mol. The molecule has 0 unspecified atom stereocenters. The molecule has 45 heavy (non-hydrogen) atoms. The molecule has 0 saturated heterocycles. The van der Waals surface area contributed by atoms with E-state index in [0.29, 0.717) is 33.0 Å². The average Bonchev–Trinajstić information content (AvgIpc) is 2.97. The molecule has 0 aromatic heterocycles. The molecule has 0 fully saturated rings. The molecule has 0 N–H and O–H groups in total. The lowest BCUT2D eigenvalue weighted by Gasteiger charge is -2.39. The highest BCUT2D eigenvalue weighted by atomic mass is 79.9. The van der Waals surface area contributed by atoms with Crippen LogP contribution in [0.25, 0.3) is 43.1 Å². The van der Waals surface area contributed by atoms with E-state index >= 15 is 0 Å². The maximum absolute atomic E-state index is 14.2. The lowest BCUT2D eigenvalue weighted by Crippen LogP contribution is -2.51. The Morgan fingerprint density at radius 2 is 0.800 bits per heavy atom. The molecule has 230 valence electrons. The molecule has 5 aromatic carbocycles. The van der Waals surface area contributed by atoms with Crippen molar-refractivity contribution in [2.75, 3.05) is 0 Å². The van der Waals surface area contributed by atoms with E-state index < -0.39 is 0 Å². The number of hydrogen-bond acceptors (Lipinski definition) is 4. The monoisotopic (exact) mass is 664 g/mol. The van der Waals surface area contributed by atoms with Gasteiger partial charge in [0, 0.05) is 60.4 Å². The van der Waals surface area contributed by atoms with E-state index in [9.17, 15) is 19.2 Å². The second-order valence-electron chi connectivity index (χ2n) is 14.2. The first-order chi connectivity index (χ1) is 21.3. The Hall–Kier alpha value is -3.84. The third-order valence-electron chi connectivity index (χ3n) is 10.1. The van der Waals surface area contributed by atoms with Gasteiger partial charge in [-0.25, -0.2) is 0 Å². The third-order valence-corrected chi connectivity index (χ3v) is 10.7. The molecule has 2 aliphatic heterocycles. The Kier molecular flexibility index (Phi) is 6.69. The second kappa shape index (κ2) is 10.1. The van der Waals surface area contributed by atoms with Gasteiger partial charge in [0.15, 0.2) is 0 Å². The van der Waals surface area contributed by atoms with Crippen LogP contribution in [0.5, 0.6) is 0 Å². The molecule has 0 aliphatic carbocycles. The Bertz CT molecular complexity index is 2110. The fourth-order valence-electron chi connectivity index (χ4n) is 8.63. The number of carbonyl (C=O) groups is 4. The number of benzene rings is 5. The molecule has 0 radical (unpaired) electrons. The van der Waals surface area contributed by atoms with Crippen LogP contribution in [0.1, 0.15) is 96.8 Å². The van der Waals surface area contributed by atoms with Crippen LogP contribution in [-0.2, 0) is 0 Å². The summed E-state index contributed by atoms with van der Waals surface area (Å²) < 4.78 is 0.734. The van der Waals surface area contributed by atoms with Crippen molar-refractivity contribution in [1.29, 1.82) is 0 Å². The minimum absolute atomic E-state index is 0.0972. The Morgan fingerprint density at radius 3 is 1.22 bits per heavy atom.